The number of hydrogen-bond acceptors (Lipinski definition) is 6. The first kappa shape index (κ1) is 22.9. The van der Waals surface area contributed by atoms with Crippen LogP contribution < -0.4 is 16.0 Å². The molecule has 0 atom stereocenters. The Hall–Kier alpha value is -4.24. The van der Waals surface area contributed by atoms with Crippen molar-refractivity contribution < 1.29 is 14.0 Å². The Morgan fingerprint density at radius 2 is 1.65 bits per heavy atom. The zero-order valence-corrected chi connectivity index (χ0v) is 18.7. The molecule has 0 aliphatic rings. The monoisotopic (exact) mass is 473 g/mol. The summed E-state index contributed by atoms with van der Waals surface area (Å²) in [6.45, 7) is 3.42. The van der Waals surface area contributed by atoms with Crippen LogP contribution in [-0.4, -0.2) is 27.5 Å². The van der Waals surface area contributed by atoms with Gasteiger partial charge in [-0.1, -0.05) is 36.5 Å². The highest BCUT2D eigenvalue weighted by Crippen LogP contribution is 2.27. The number of anilines is 4. The summed E-state index contributed by atoms with van der Waals surface area (Å²) in [6, 6.07) is 20.3. The molecule has 1 heterocycles. The second-order valence-corrected chi connectivity index (χ2v) is 8.06. The molecule has 0 aliphatic heterocycles. The van der Waals surface area contributed by atoms with Crippen LogP contribution in [0.4, 0.5) is 27.3 Å². The predicted molar refractivity (Wildman–Crippen MR) is 134 cm³/mol. The number of carbonyl (C=O) groups is 2. The quantitative estimate of drug-likeness (QED) is 0.181. The molecule has 1 aromatic heterocycles. The van der Waals surface area contributed by atoms with Gasteiger partial charge in [0.2, 0.25) is 11.8 Å². The van der Waals surface area contributed by atoms with Gasteiger partial charge in [0.25, 0.3) is 0 Å². The van der Waals surface area contributed by atoms with E-state index in [4.69, 9.17) is 0 Å². The van der Waals surface area contributed by atoms with Crippen LogP contribution >= 0.6 is 11.8 Å². The third-order valence-electron chi connectivity index (χ3n) is 4.62. The van der Waals surface area contributed by atoms with Crippen molar-refractivity contribution in [2.45, 2.75) is 5.16 Å². The van der Waals surface area contributed by atoms with Crippen molar-refractivity contribution in [3.8, 4) is 0 Å². The van der Waals surface area contributed by atoms with Gasteiger partial charge in [-0.2, -0.15) is 0 Å². The van der Waals surface area contributed by atoms with E-state index in [0.29, 0.717) is 28.0 Å². The molecule has 0 radical (unpaired) electrons. The Labute approximate surface area is 199 Å². The molecule has 170 valence electrons. The predicted octanol–water partition coefficient (Wildman–Crippen LogP) is 5.37. The maximum absolute atomic E-state index is 13.3. The molecule has 3 N–H and O–H groups in total. The summed E-state index contributed by atoms with van der Waals surface area (Å²) >= 11 is 1.19. The van der Waals surface area contributed by atoms with E-state index < -0.39 is 0 Å². The number of carbonyl (C=O) groups excluding carboxylic acids is 2. The Bertz CT molecular complexity index is 1360. The van der Waals surface area contributed by atoms with Crippen molar-refractivity contribution >= 4 is 57.4 Å². The molecule has 9 heteroatoms. The molecule has 3 aromatic carbocycles. The molecule has 0 spiro atoms. The van der Waals surface area contributed by atoms with Crippen LogP contribution in [0.5, 0.6) is 0 Å². The number of aromatic nitrogens is 2. The van der Waals surface area contributed by atoms with E-state index in [0.717, 1.165) is 10.9 Å². The number of thioether (sulfide) groups is 1. The number of nitrogens with zero attached hydrogens (tertiary/aromatic N) is 2. The van der Waals surface area contributed by atoms with E-state index in [2.05, 4.69) is 32.5 Å². The van der Waals surface area contributed by atoms with Crippen LogP contribution in [0.15, 0.2) is 90.6 Å². The average molecular weight is 474 g/mol. The second kappa shape index (κ2) is 10.6. The topological polar surface area (TPSA) is 96.0 Å². The largest absolute Gasteiger partial charge is 0.340 e. The van der Waals surface area contributed by atoms with Crippen molar-refractivity contribution in [3.05, 3.63) is 91.3 Å². The molecule has 4 rings (SSSR count). The minimum atomic E-state index is -0.336. The summed E-state index contributed by atoms with van der Waals surface area (Å²) in [7, 11) is 0. The van der Waals surface area contributed by atoms with Gasteiger partial charge < -0.3 is 16.0 Å². The smallest absolute Gasteiger partial charge is 0.247 e. The first-order chi connectivity index (χ1) is 16.5. The third kappa shape index (κ3) is 5.96. The van der Waals surface area contributed by atoms with Crippen molar-refractivity contribution in [3.63, 3.8) is 0 Å². The van der Waals surface area contributed by atoms with E-state index in [9.17, 15) is 14.0 Å². The molecule has 0 aliphatic carbocycles. The van der Waals surface area contributed by atoms with Crippen molar-refractivity contribution in [1.82, 2.24) is 9.97 Å². The van der Waals surface area contributed by atoms with Crippen LogP contribution in [-0.2, 0) is 9.59 Å². The number of halogens is 1. The van der Waals surface area contributed by atoms with Gasteiger partial charge in [-0.25, -0.2) is 14.4 Å². The second-order valence-electron chi connectivity index (χ2n) is 7.11. The van der Waals surface area contributed by atoms with Crippen molar-refractivity contribution in [2.75, 3.05) is 21.7 Å². The molecular weight excluding hydrogens is 453 g/mol. The minimum Gasteiger partial charge on any atom is -0.340 e. The van der Waals surface area contributed by atoms with Gasteiger partial charge in [-0.05, 0) is 60.7 Å². The number of rotatable bonds is 8. The van der Waals surface area contributed by atoms with E-state index in [1.807, 2.05) is 24.3 Å². The highest BCUT2D eigenvalue weighted by Gasteiger charge is 2.11. The van der Waals surface area contributed by atoms with Gasteiger partial charge in [-0.3, -0.25) is 9.59 Å². The van der Waals surface area contributed by atoms with E-state index in [1.54, 1.807) is 36.4 Å². The van der Waals surface area contributed by atoms with Gasteiger partial charge in [-0.15, -0.1) is 0 Å². The van der Waals surface area contributed by atoms with E-state index in [-0.39, 0.29) is 23.4 Å². The molecular formula is C25H20FN5O2S. The van der Waals surface area contributed by atoms with Crippen LogP contribution in [0.3, 0.4) is 0 Å². The number of fused-ring (bicyclic) bond motifs is 1. The molecule has 0 bridgehead atoms. The lowest BCUT2D eigenvalue weighted by Gasteiger charge is -2.11. The molecule has 2 amide bonds. The number of amides is 2. The summed E-state index contributed by atoms with van der Waals surface area (Å²) < 4.78 is 13.3. The fourth-order valence-corrected chi connectivity index (χ4v) is 3.73. The molecule has 4 aromatic rings. The zero-order valence-electron chi connectivity index (χ0n) is 17.9. The molecule has 7 nitrogen and oxygen atoms in total. The molecule has 0 unspecified atom stereocenters. The van der Waals surface area contributed by atoms with Gasteiger partial charge >= 0.3 is 0 Å². The summed E-state index contributed by atoms with van der Waals surface area (Å²) in [4.78, 5) is 33.1. The molecule has 0 saturated carbocycles. The Kier molecular flexibility index (Phi) is 7.14. The highest BCUT2D eigenvalue weighted by molar-refractivity contribution is 7.99. The maximum Gasteiger partial charge on any atom is 0.247 e. The Morgan fingerprint density at radius 3 is 2.41 bits per heavy atom. The number of para-hydroxylation sites is 1. The number of nitrogens with one attached hydrogen (secondary N) is 3. The Morgan fingerprint density at radius 1 is 0.912 bits per heavy atom. The lowest BCUT2D eigenvalue weighted by Crippen LogP contribution is -2.15. The Balaban J connectivity index is 1.46. The molecule has 34 heavy (non-hydrogen) atoms. The van der Waals surface area contributed by atoms with Gasteiger partial charge in [0.15, 0.2) is 5.16 Å². The van der Waals surface area contributed by atoms with Crippen LogP contribution in [0.1, 0.15) is 0 Å². The summed E-state index contributed by atoms with van der Waals surface area (Å²) in [6.07, 6.45) is 1.17. The summed E-state index contributed by atoms with van der Waals surface area (Å²) in [5.74, 6) is -0.267. The minimum absolute atomic E-state index is 0.0809. The van der Waals surface area contributed by atoms with Crippen LogP contribution in [0.2, 0.25) is 0 Å². The van der Waals surface area contributed by atoms with Crippen molar-refractivity contribution in [2.24, 2.45) is 0 Å². The fourth-order valence-electron chi connectivity index (χ4n) is 3.08. The maximum atomic E-state index is 13.3. The average Bonchev–Trinajstić information content (AvgIpc) is 2.84. The standard InChI is InChI=1S/C25H20FN5O2S/c1-2-22(32)27-18-6-5-7-19(14-18)28-23(33)15-34-25-30-21-9-4-3-8-20(21)24(31-25)29-17-12-10-16(26)11-13-17/h2-14H,1,15H2,(H,27,32)(H,28,33)(H,29,30,31). The van der Waals surface area contributed by atoms with E-state index >= 15 is 0 Å². The first-order valence-corrected chi connectivity index (χ1v) is 11.2. The SMILES string of the molecule is C=CC(=O)Nc1cccc(NC(=O)CSc2nc(Nc3ccc(F)cc3)c3ccccc3n2)c1. The lowest BCUT2D eigenvalue weighted by molar-refractivity contribution is -0.114. The highest BCUT2D eigenvalue weighted by atomic mass is 32.2. The lowest BCUT2D eigenvalue weighted by atomic mass is 10.2. The fraction of sp³-hybridized carbons (Fsp3) is 0.0400. The van der Waals surface area contributed by atoms with Crippen LogP contribution in [0, 0.1) is 5.82 Å². The van der Waals surface area contributed by atoms with Gasteiger partial charge in [0.1, 0.15) is 11.6 Å². The zero-order chi connectivity index (χ0) is 23.9. The summed E-state index contributed by atoms with van der Waals surface area (Å²) in [5, 5.41) is 9.87. The number of benzene rings is 3. The van der Waals surface area contributed by atoms with E-state index in [1.165, 1.54) is 30.0 Å². The number of hydrogen-bond donors (Lipinski definition) is 3. The van der Waals surface area contributed by atoms with Gasteiger partial charge in [0, 0.05) is 22.4 Å². The third-order valence-corrected chi connectivity index (χ3v) is 5.47. The van der Waals surface area contributed by atoms with Crippen LogP contribution in [0.25, 0.3) is 10.9 Å². The van der Waals surface area contributed by atoms with Crippen molar-refractivity contribution in [1.29, 1.82) is 0 Å². The normalized spacial score (nSPS) is 10.5. The summed E-state index contributed by atoms with van der Waals surface area (Å²) in [5.41, 5.74) is 2.49. The molecule has 0 fully saturated rings. The first-order valence-electron chi connectivity index (χ1n) is 10.3. The van der Waals surface area contributed by atoms with Gasteiger partial charge in [0.05, 0.1) is 11.3 Å². The molecule has 0 saturated heterocycles.